The number of amides is 2. The second-order valence-corrected chi connectivity index (χ2v) is 9.54. The first kappa shape index (κ1) is 35.2. The molecule has 2 amide bonds. The normalized spacial score (nSPS) is 24.8. The third-order valence-electron chi connectivity index (χ3n) is 6.13. The molecule has 1 heterocycles. The Morgan fingerprint density at radius 3 is 1.95 bits per heavy atom. The molecule has 0 bridgehead atoms. The van der Waals surface area contributed by atoms with E-state index in [4.69, 9.17) is 9.84 Å². The summed E-state index contributed by atoms with van der Waals surface area (Å²) in [5, 5.41) is 44.1. The third-order valence-corrected chi connectivity index (χ3v) is 6.13. The van der Waals surface area contributed by atoms with Gasteiger partial charge < -0.3 is 35.8 Å². The van der Waals surface area contributed by atoms with Gasteiger partial charge in [-0.15, -0.1) is 0 Å². The molecule has 0 aromatic heterocycles. The van der Waals surface area contributed by atoms with E-state index in [0.29, 0.717) is 6.42 Å². The Labute approximate surface area is 238 Å². The van der Waals surface area contributed by atoms with Gasteiger partial charge in [-0.2, -0.15) is 0 Å². The highest BCUT2D eigenvalue weighted by Crippen LogP contribution is 2.19. The Balaban J connectivity index is 2.15. The number of rotatable bonds is 18. The molecule has 0 aromatic rings. The maximum atomic E-state index is 12.4. The molecule has 1 aliphatic heterocycles. The molecule has 6 N–H and O–H groups in total. The number of nitrogens with one attached hydrogen (secondary N) is 2. The first-order valence-electron chi connectivity index (χ1n) is 14.1. The minimum absolute atomic E-state index is 0.248. The molecular formula is C31H48N2O7. The SMILES string of the molecule is CC/C=C\C=C/C/C=C\C/C=C\C/C=C\C/C=C\CCCC(=O)N[C@@H](C)C(=O)NC1[C@H](O)OC(CO)[C@@H](O)[C@H]1O. The van der Waals surface area contributed by atoms with E-state index in [9.17, 15) is 24.9 Å². The molecule has 0 radical (unpaired) electrons. The predicted molar refractivity (Wildman–Crippen MR) is 157 cm³/mol. The Hall–Kier alpha value is -2.82. The van der Waals surface area contributed by atoms with Gasteiger partial charge in [-0.3, -0.25) is 9.59 Å². The molecule has 0 aromatic carbocycles. The average molecular weight is 561 g/mol. The number of ether oxygens (including phenoxy) is 1. The molecule has 1 fully saturated rings. The van der Waals surface area contributed by atoms with Gasteiger partial charge in [0.15, 0.2) is 6.29 Å². The van der Waals surface area contributed by atoms with Crippen LogP contribution in [0, 0.1) is 0 Å². The highest BCUT2D eigenvalue weighted by molar-refractivity contribution is 5.87. The van der Waals surface area contributed by atoms with E-state index in [2.05, 4.69) is 84.4 Å². The van der Waals surface area contributed by atoms with Crippen LogP contribution in [0.1, 0.15) is 65.2 Å². The second kappa shape index (κ2) is 21.9. The van der Waals surface area contributed by atoms with Crippen LogP contribution in [0.2, 0.25) is 0 Å². The molecule has 6 atom stereocenters. The Kier molecular flexibility index (Phi) is 19.3. The van der Waals surface area contributed by atoms with E-state index in [0.717, 1.165) is 38.5 Å². The maximum absolute atomic E-state index is 12.4. The lowest BCUT2D eigenvalue weighted by atomic mass is 9.97. The molecule has 40 heavy (non-hydrogen) atoms. The number of aliphatic hydroxyl groups is 4. The topological polar surface area (TPSA) is 148 Å². The smallest absolute Gasteiger partial charge is 0.242 e. The Morgan fingerprint density at radius 2 is 1.38 bits per heavy atom. The zero-order chi connectivity index (χ0) is 29.6. The molecule has 1 aliphatic rings. The van der Waals surface area contributed by atoms with Crippen molar-refractivity contribution in [1.29, 1.82) is 0 Å². The summed E-state index contributed by atoms with van der Waals surface area (Å²) in [6.45, 7) is 3.00. The van der Waals surface area contributed by atoms with Crippen molar-refractivity contribution in [2.24, 2.45) is 0 Å². The first-order chi connectivity index (χ1) is 19.3. The molecule has 1 saturated heterocycles. The predicted octanol–water partition coefficient (Wildman–Crippen LogP) is 2.89. The van der Waals surface area contributed by atoms with Crippen molar-refractivity contribution in [3.63, 3.8) is 0 Å². The van der Waals surface area contributed by atoms with Crippen molar-refractivity contribution in [2.45, 2.75) is 102 Å². The molecule has 9 heteroatoms. The van der Waals surface area contributed by atoms with E-state index >= 15 is 0 Å². The van der Waals surface area contributed by atoms with E-state index < -0.39 is 49.2 Å². The standard InChI is InChI=1S/C31H48N2O7/c1-3-4-5-6-7-8-9-10-11-12-13-14-15-16-17-18-19-20-21-22-26(35)32-24(2)30(38)33-27-29(37)28(36)25(23-34)40-31(27)39/h4-7,9-10,12-13,15-16,18-19,24-25,27-29,31,34,36-37,39H,3,8,11,14,17,20-23H2,1-2H3,(H,32,35)(H,33,38)/b5-4-,7-6-,10-9-,13-12-,16-15-,19-18-/t24-,25?,27?,28+,29-,31+/m0/s1. The second-order valence-electron chi connectivity index (χ2n) is 9.54. The van der Waals surface area contributed by atoms with Crippen LogP contribution in [0.15, 0.2) is 72.9 Å². The number of allylic oxidation sites excluding steroid dienone is 12. The van der Waals surface area contributed by atoms with Gasteiger partial charge in [0.25, 0.3) is 0 Å². The summed E-state index contributed by atoms with van der Waals surface area (Å²) in [4.78, 5) is 24.5. The summed E-state index contributed by atoms with van der Waals surface area (Å²) in [6, 6.07) is -2.21. The van der Waals surface area contributed by atoms with Gasteiger partial charge in [0.2, 0.25) is 11.8 Å². The molecule has 1 rings (SSSR count). The fourth-order valence-corrected chi connectivity index (χ4v) is 3.78. The average Bonchev–Trinajstić information content (AvgIpc) is 2.94. The Bertz CT molecular complexity index is 894. The van der Waals surface area contributed by atoms with Crippen LogP contribution < -0.4 is 10.6 Å². The van der Waals surface area contributed by atoms with Gasteiger partial charge >= 0.3 is 0 Å². The summed E-state index contributed by atoms with van der Waals surface area (Å²) in [5.74, 6) is -0.935. The highest BCUT2D eigenvalue weighted by Gasteiger charge is 2.44. The lowest BCUT2D eigenvalue weighted by Gasteiger charge is -2.40. The Morgan fingerprint density at radius 1 is 0.825 bits per heavy atom. The first-order valence-corrected chi connectivity index (χ1v) is 14.1. The van der Waals surface area contributed by atoms with Gasteiger partial charge in [-0.25, -0.2) is 0 Å². The largest absolute Gasteiger partial charge is 0.394 e. The van der Waals surface area contributed by atoms with Crippen LogP contribution in [-0.4, -0.2) is 75.5 Å². The van der Waals surface area contributed by atoms with Crippen LogP contribution in [0.5, 0.6) is 0 Å². The van der Waals surface area contributed by atoms with Crippen LogP contribution in [0.3, 0.4) is 0 Å². The summed E-state index contributed by atoms with van der Waals surface area (Å²) >= 11 is 0. The minimum atomic E-state index is -1.61. The van der Waals surface area contributed by atoms with E-state index in [1.807, 2.05) is 6.08 Å². The molecule has 9 nitrogen and oxygen atoms in total. The lowest BCUT2D eigenvalue weighted by molar-refractivity contribution is -0.253. The van der Waals surface area contributed by atoms with Crippen molar-refractivity contribution < 1.29 is 34.8 Å². The number of hydrogen-bond acceptors (Lipinski definition) is 7. The molecular weight excluding hydrogens is 512 g/mol. The van der Waals surface area contributed by atoms with Crippen molar-refractivity contribution in [1.82, 2.24) is 10.6 Å². The molecule has 0 aliphatic carbocycles. The highest BCUT2D eigenvalue weighted by atomic mass is 16.6. The van der Waals surface area contributed by atoms with Crippen molar-refractivity contribution in [2.75, 3.05) is 6.61 Å². The monoisotopic (exact) mass is 560 g/mol. The summed E-state index contributed by atoms with van der Waals surface area (Å²) in [5.41, 5.74) is 0. The van der Waals surface area contributed by atoms with Gasteiger partial charge in [0, 0.05) is 6.42 Å². The summed E-state index contributed by atoms with van der Waals surface area (Å²) < 4.78 is 5.02. The minimum Gasteiger partial charge on any atom is -0.394 e. The maximum Gasteiger partial charge on any atom is 0.242 e. The molecule has 0 spiro atoms. The lowest BCUT2D eigenvalue weighted by Crippen LogP contribution is -2.65. The number of unbranched alkanes of at least 4 members (excludes halogenated alkanes) is 1. The number of hydrogen-bond donors (Lipinski definition) is 6. The van der Waals surface area contributed by atoms with E-state index in [-0.39, 0.29) is 12.3 Å². The number of carbonyl (C=O) groups excluding carboxylic acids is 2. The van der Waals surface area contributed by atoms with Gasteiger partial charge in [-0.1, -0.05) is 79.8 Å². The van der Waals surface area contributed by atoms with E-state index in [1.54, 1.807) is 0 Å². The van der Waals surface area contributed by atoms with E-state index in [1.165, 1.54) is 6.92 Å². The van der Waals surface area contributed by atoms with Crippen LogP contribution in [0.4, 0.5) is 0 Å². The quantitative estimate of drug-likeness (QED) is 0.0858. The van der Waals surface area contributed by atoms with Gasteiger partial charge in [0.05, 0.1) is 6.61 Å². The van der Waals surface area contributed by atoms with Crippen LogP contribution in [-0.2, 0) is 14.3 Å². The fourth-order valence-electron chi connectivity index (χ4n) is 3.78. The fraction of sp³-hybridized carbons (Fsp3) is 0.548. The van der Waals surface area contributed by atoms with Crippen molar-refractivity contribution in [3.8, 4) is 0 Å². The zero-order valence-electron chi connectivity index (χ0n) is 23.8. The van der Waals surface area contributed by atoms with Crippen molar-refractivity contribution >= 4 is 11.8 Å². The van der Waals surface area contributed by atoms with Crippen LogP contribution in [0.25, 0.3) is 0 Å². The van der Waals surface area contributed by atoms with Gasteiger partial charge in [-0.05, 0) is 51.9 Å². The van der Waals surface area contributed by atoms with Gasteiger partial charge in [0.1, 0.15) is 30.4 Å². The summed E-state index contributed by atoms with van der Waals surface area (Å²) in [6.07, 6.45) is 25.8. The number of aliphatic hydroxyl groups excluding tert-OH is 4. The van der Waals surface area contributed by atoms with Crippen molar-refractivity contribution in [3.05, 3.63) is 72.9 Å². The third kappa shape index (κ3) is 15.1. The van der Waals surface area contributed by atoms with Crippen LogP contribution >= 0.6 is 0 Å². The zero-order valence-corrected chi connectivity index (χ0v) is 23.8. The number of carbonyl (C=O) groups is 2. The summed E-state index contributed by atoms with van der Waals surface area (Å²) in [7, 11) is 0. The molecule has 0 saturated carbocycles. The molecule has 2 unspecified atom stereocenters. The molecule has 224 valence electrons.